The molecule has 3 heteroatoms. The van der Waals surface area contributed by atoms with Crippen molar-refractivity contribution < 1.29 is 8.83 Å². The van der Waals surface area contributed by atoms with Gasteiger partial charge < -0.3 is 13.7 Å². The minimum absolute atomic E-state index is 0.853. The van der Waals surface area contributed by atoms with Gasteiger partial charge in [0, 0.05) is 32.9 Å². The van der Waals surface area contributed by atoms with E-state index >= 15 is 0 Å². The average molecular weight is 678 g/mol. The van der Waals surface area contributed by atoms with Gasteiger partial charge >= 0.3 is 0 Å². The van der Waals surface area contributed by atoms with Gasteiger partial charge in [0.05, 0.1) is 11.1 Å². The highest BCUT2D eigenvalue weighted by Crippen LogP contribution is 2.46. The molecule has 11 aromatic rings. The van der Waals surface area contributed by atoms with Crippen LogP contribution in [0.15, 0.2) is 197 Å². The topological polar surface area (TPSA) is 29.5 Å². The molecule has 248 valence electrons. The van der Waals surface area contributed by atoms with E-state index in [2.05, 4.69) is 181 Å². The molecule has 0 amide bonds. The molecule has 53 heavy (non-hydrogen) atoms. The van der Waals surface area contributed by atoms with E-state index in [0.29, 0.717) is 0 Å². The fraction of sp³-hybridized carbons (Fsp3) is 0. The fourth-order valence-electron chi connectivity index (χ4n) is 8.25. The average Bonchev–Trinajstić information content (AvgIpc) is 3.80. The molecule has 3 nitrogen and oxygen atoms in total. The zero-order valence-corrected chi connectivity index (χ0v) is 28.7. The largest absolute Gasteiger partial charge is 0.456 e. The van der Waals surface area contributed by atoms with Gasteiger partial charge in [0.2, 0.25) is 0 Å². The van der Waals surface area contributed by atoms with E-state index in [1.165, 1.54) is 27.5 Å². The maximum atomic E-state index is 6.70. The molecule has 0 fully saturated rings. The van der Waals surface area contributed by atoms with Crippen molar-refractivity contribution in [3.05, 3.63) is 188 Å². The summed E-state index contributed by atoms with van der Waals surface area (Å²) in [5, 5.41) is 9.07. The molecule has 0 aliphatic rings. The lowest BCUT2D eigenvalue weighted by molar-refractivity contribution is 0.669. The van der Waals surface area contributed by atoms with E-state index in [-0.39, 0.29) is 0 Å². The summed E-state index contributed by atoms with van der Waals surface area (Å²) in [4.78, 5) is 2.38. The van der Waals surface area contributed by atoms with Crippen LogP contribution < -0.4 is 4.90 Å². The second-order valence-corrected chi connectivity index (χ2v) is 13.7. The van der Waals surface area contributed by atoms with Crippen LogP contribution in [0.3, 0.4) is 0 Å². The number of fused-ring (bicyclic) bond motifs is 9. The lowest BCUT2D eigenvalue weighted by Crippen LogP contribution is -2.10. The van der Waals surface area contributed by atoms with Crippen LogP contribution in [-0.2, 0) is 0 Å². The number of hydrogen-bond acceptors (Lipinski definition) is 3. The number of hydrogen-bond donors (Lipinski definition) is 0. The normalized spacial score (nSPS) is 11.8. The van der Waals surface area contributed by atoms with Crippen molar-refractivity contribution in [3.8, 4) is 22.3 Å². The number of anilines is 3. The Bertz CT molecular complexity index is 3180. The summed E-state index contributed by atoms with van der Waals surface area (Å²) in [6.07, 6.45) is 0. The van der Waals surface area contributed by atoms with Gasteiger partial charge in [-0.1, -0.05) is 133 Å². The predicted octanol–water partition coefficient (Wildman–Crippen LogP) is 14.6. The quantitative estimate of drug-likeness (QED) is 0.182. The molecule has 0 saturated heterocycles. The van der Waals surface area contributed by atoms with Crippen molar-refractivity contribution >= 4 is 82.5 Å². The fourth-order valence-corrected chi connectivity index (χ4v) is 8.25. The van der Waals surface area contributed by atoms with E-state index in [0.717, 1.165) is 77.3 Å². The minimum Gasteiger partial charge on any atom is -0.456 e. The summed E-state index contributed by atoms with van der Waals surface area (Å²) in [6.45, 7) is 0. The lowest BCUT2D eigenvalue weighted by Gasteiger charge is -2.27. The van der Waals surface area contributed by atoms with Gasteiger partial charge in [-0.3, -0.25) is 0 Å². The van der Waals surface area contributed by atoms with Crippen LogP contribution in [0.25, 0.3) is 87.7 Å². The maximum Gasteiger partial charge on any atom is 0.143 e. The monoisotopic (exact) mass is 677 g/mol. The third-order valence-corrected chi connectivity index (χ3v) is 10.6. The van der Waals surface area contributed by atoms with Crippen LogP contribution in [-0.4, -0.2) is 0 Å². The molecule has 0 spiro atoms. The molecule has 2 aromatic heterocycles. The van der Waals surface area contributed by atoms with Crippen LogP contribution >= 0.6 is 0 Å². The summed E-state index contributed by atoms with van der Waals surface area (Å²) in [5.41, 5.74) is 11.4. The van der Waals surface area contributed by atoms with Crippen LogP contribution in [0, 0.1) is 0 Å². The molecular weight excluding hydrogens is 647 g/mol. The Labute approximate surface area is 305 Å². The first-order valence-corrected chi connectivity index (χ1v) is 18.0. The van der Waals surface area contributed by atoms with Gasteiger partial charge in [-0.25, -0.2) is 0 Å². The van der Waals surface area contributed by atoms with E-state index in [1.807, 2.05) is 12.1 Å². The third-order valence-electron chi connectivity index (χ3n) is 10.6. The number of furan rings is 2. The van der Waals surface area contributed by atoms with E-state index in [9.17, 15) is 0 Å². The van der Waals surface area contributed by atoms with Gasteiger partial charge in [0.15, 0.2) is 0 Å². The highest BCUT2D eigenvalue weighted by molar-refractivity contribution is 6.20. The Morgan fingerprint density at radius 1 is 0.340 bits per heavy atom. The SMILES string of the molecule is c1ccc(-c2cccc3cccc(-c4cccc(N(c5ccc6oc7ccccc7c6c5)c5cccc6oc7c8ccccc8ccc7c56)c4)c23)cc1. The summed E-state index contributed by atoms with van der Waals surface area (Å²) >= 11 is 0. The van der Waals surface area contributed by atoms with Crippen molar-refractivity contribution in [1.82, 2.24) is 0 Å². The second kappa shape index (κ2) is 11.7. The van der Waals surface area contributed by atoms with Gasteiger partial charge in [-0.05, 0) is 93.0 Å². The van der Waals surface area contributed by atoms with Crippen molar-refractivity contribution in [2.24, 2.45) is 0 Å². The van der Waals surface area contributed by atoms with Gasteiger partial charge in [-0.2, -0.15) is 0 Å². The minimum atomic E-state index is 0.853. The number of nitrogens with zero attached hydrogens (tertiary/aromatic N) is 1. The first kappa shape index (κ1) is 29.6. The van der Waals surface area contributed by atoms with Gasteiger partial charge in [0.25, 0.3) is 0 Å². The van der Waals surface area contributed by atoms with Gasteiger partial charge in [-0.15, -0.1) is 0 Å². The molecule has 0 saturated carbocycles. The molecule has 0 aliphatic carbocycles. The van der Waals surface area contributed by atoms with Gasteiger partial charge in [0.1, 0.15) is 22.3 Å². The zero-order valence-electron chi connectivity index (χ0n) is 28.7. The third kappa shape index (κ3) is 4.68. The standard InChI is InChI=1S/C50H31NO2/c1-2-12-32(13-3-1)38-21-9-15-34-16-10-22-39(48(34)38)35-17-8-18-36(30-35)51(37-27-29-46-43(31-37)41-20-6-7-24-45(41)52-46)44-23-11-25-47-49(44)42-28-26-33-14-4-5-19-40(33)50(42)53-47/h1-31H. The van der Waals surface area contributed by atoms with Crippen LogP contribution in [0.2, 0.25) is 0 Å². The molecular formula is C50H31NO2. The van der Waals surface area contributed by atoms with Crippen LogP contribution in [0.4, 0.5) is 17.1 Å². The van der Waals surface area contributed by atoms with Crippen molar-refractivity contribution in [1.29, 1.82) is 0 Å². The summed E-state index contributed by atoms with van der Waals surface area (Å²) < 4.78 is 13.0. The Balaban J connectivity index is 1.18. The molecule has 0 N–H and O–H groups in total. The van der Waals surface area contributed by atoms with Crippen LogP contribution in [0.5, 0.6) is 0 Å². The van der Waals surface area contributed by atoms with Crippen molar-refractivity contribution in [3.63, 3.8) is 0 Å². The number of rotatable bonds is 5. The summed E-state index contributed by atoms with van der Waals surface area (Å²) in [7, 11) is 0. The maximum absolute atomic E-state index is 6.70. The Hall–Kier alpha value is -7.10. The molecule has 0 unspecified atom stereocenters. The highest BCUT2D eigenvalue weighted by atomic mass is 16.3. The Morgan fingerprint density at radius 2 is 1.00 bits per heavy atom. The molecule has 2 heterocycles. The first-order valence-electron chi connectivity index (χ1n) is 18.0. The molecule has 0 radical (unpaired) electrons. The summed E-state index contributed by atoms with van der Waals surface area (Å²) in [5.74, 6) is 0. The first-order chi connectivity index (χ1) is 26.3. The molecule has 0 bridgehead atoms. The summed E-state index contributed by atoms with van der Waals surface area (Å²) in [6, 6.07) is 66.8. The zero-order chi connectivity index (χ0) is 34.9. The molecule has 0 atom stereocenters. The molecule has 11 rings (SSSR count). The predicted molar refractivity (Wildman–Crippen MR) is 222 cm³/mol. The molecule has 0 aliphatic heterocycles. The van der Waals surface area contributed by atoms with E-state index in [1.54, 1.807) is 0 Å². The smallest absolute Gasteiger partial charge is 0.143 e. The lowest BCUT2D eigenvalue weighted by atomic mass is 9.91. The Kier molecular flexibility index (Phi) is 6.55. The Morgan fingerprint density at radius 3 is 1.89 bits per heavy atom. The highest BCUT2D eigenvalue weighted by Gasteiger charge is 2.22. The van der Waals surface area contributed by atoms with E-state index < -0.39 is 0 Å². The molecule has 9 aromatic carbocycles. The van der Waals surface area contributed by atoms with Crippen molar-refractivity contribution in [2.75, 3.05) is 4.90 Å². The number of para-hydroxylation sites is 1. The number of benzene rings is 9. The van der Waals surface area contributed by atoms with Crippen molar-refractivity contribution in [2.45, 2.75) is 0 Å². The van der Waals surface area contributed by atoms with E-state index in [4.69, 9.17) is 8.83 Å². The van der Waals surface area contributed by atoms with Crippen LogP contribution in [0.1, 0.15) is 0 Å². The second-order valence-electron chi connectivity index (χ2n) is 13.7.